The van der Waals surface area contributed by atoms with Crippen LogP contribution in [0.25, 0.3) is 10.9 Å². The average Bonchev–Trinajstić information content (AvgIpc) is 2.59. The summed E-state index contributed by atoms with van der Waals surface area (Å²) in [6.45, 7) is -1.18. The zero-order valence-electron chi connectivity index (χ0n) is 13.2. The van der Waals surface area contributed by atoms with Crippen molar-refractivity contribution in [1.29, 1.82) is 0 Å². The molecule has 0 aliphatic carbocycles. The Hall–Kier alpha value is -2.73. The van der Waals surface area contributed by atoms with E-state index in [-0.39, 0.29) is 5.75 Å². The summed E-state index contributed by atoms with van der Waals surface area (Å²) in [5.74, 6) is 0.0759. The molecule has 0 amide bonds. The van der Waals surface area contributed by atoms with Crippen LogP contribution in [0.4, 0.5) is 14.5 Å². The third-order valence-electron chi connectivity index (χ3n) is 3.54. The molecular formula is C18H14ClF2N3O. The molecule has 1 N–H and O–H groups in total. The summed E-state index contributed by atoms with van der Waals surface area (Å²) >= 11 is 5.97. The highest BCUT2D eigenvalue weighted by atomic mass is 35.5. The van der Waals surface area contributed by atoms with Gasteiger partial charge in [0, 0.05) is 22.2 Å². The minimum atomic E-state index is -2.89. The number of hydrogen-bond donors (Lipinski definition) is 1. The smallest absolute Gasteiger partial charge is 0.387 e. The highest BCUT2D eigenvalue weighted by molar-refractivity contribution is 6.31. The molecule has 0 spiro atoms. The van der Waals surface area contributed by atoms with Crippen LogP contribution in [-0.2, 0) is 0 Å². The number of alkyl halides is 2. The molecule has 0 fully saturated rings. The number of hydrazone groups is 1. The molecule has 0 saturated heterocycles. The van der Waals surface area contributed by atoms with E-state index >= 15 is 0 Å². The second-order valence-electron chi connectivity index (χ2n) is 5.20. The van der Waals surface area contributed by atoms with Crippen LogP contribution in [0.1, 0.15) is 12.5 Å². The number of nitrogens with one attached hydrogen (secondary N) is 1. The molecule has 1 heterocycles. The highest BCUT2D eigenvalue weighted by Gasteiger charge is 2.11. The molecule has 0 bridgehead atoms. The van der Waals surface area contributed by atoms with Gasteiger partial charge in [-0.25, -0.2) is 0 Å². The molecule has 0 saturated carbocycles. The van der Waals surface area contributed by atoms with Gasteiger partial charge < -0.3 is 4.74 Å². The first-order chi connectivity index (χ1) is 12.0. The van der Waals surface area contributed by atoms with E-state index in [9.17, 15) is 8.78 Å². The molecule has 0 aliphatic heterocycles. The molecule has 4 nitrogen and oxygen atoms in total. The lowest BCUT2D eigenvalue weighted by molar-refractivity contribution is -0.0499. The second kappa shape index (κ2) is 7.44. The number of halogens is 3. The number of ether oxygens (including phenoxy) is 1. The van der Waals surface area contributed by atoms with Crippen LogP contribution in [0.3, 0.4) is 0 Å². The van der Waals surface area contributed by atoms with Gasteiger partial charge in [-0.15, -0.1) is 0 Å². The molecule has 3 aromatic rings. The Morgan fingerprint density at radius 3 is 2.80 bits per heavy atom. The van der Waals surface area contributed by atoms with Gasteiger partial charge in [-0.1, -0.05) is 23.7 Å². The van der Waals surface area contributed by atoms with Gasteiger partial charge in [0.1, 0.15) is 5.75 Å². The Labute approximate surface area is 148 Å². The van der Waals surface area contributed by atoms with Crippen LogP contribution in [0.2, 0.25) is 5.02 Å². The minimum absolute atomic E-state index is 0.0759. The standard InChI is InChI=1S/C18H14ClF2N3O/c1-11(13-4-2-3-5-17(13)25-18(20)21)23-24-15-8-9-22-16-10-12(19)6-7-14(15)16/h2-10,18H,1H3,(H,22,24)/b23-11-. The molecule has 7 heteroatoms. The maximum Gasteiger partial charge on any atom is 0.387 e. The lowest BCUT2D eigenvalue weighted by Gasteiger charge is -2.11. The molecule has 128 valence electrons. The molecule has 0 unspecified atom stereocenters. The fourth-order valence-electron chi connectivity index (χ4n) is 2.39. The number of hydrogen-bond acceptors (Lipinski definition) is 4. The van der Waals surface area contributed by atoms with E-state index in [1.54, 1.807) is 49.5 Å². The van der Waals surface area contributed by atoms with E-state index in [2.05, 4.69) is 20.2 Å². The number of benzene rings is 2. The summed E-state index contributed by atoms with van der Waals surface area (Å²) in [5, 5.41) is 5.73. The number of nitrogens with zero attached hydrogens (tertiary/aromatic N) is 2. The molecule has 1 aromatic heterocycles. The topological polar surface area (TPSA) is 46.5 Å². The maximum atomic E-state index is 12.5. The Balaban J connectivity index is 1.90. The van der Waals surface area contributed by atoms with Gasteiger partial charge in [0.15, 0.2) is 0 Å². The van der Waals surface area contributed by atoms with Crippen LogP contribution in [-0.4, -0.2) is 17.3 Å². The van der Waals surface area contributed by atoms with E-state index in [0.717, 1.165) is 16.6 Å². The number of fused-ring (bicyclic) bond motifs is 1. The van der Waals surface area contributed by atoms with Crippen LogP contribution in [0.5, 0.6) is 5.75 Å². The molecule has 0 aliphatic rings. The monoisotopic (exact) mass is 361 g/mol. The fourth-order valence-corrected chi connectivity index (χ4v) is 2.55. The van der Waals surface area contributed by atoms with Crippen molar-refractivity contribution in [3.8, 4) is 5.75 Å². The number of pyridine rings is 1. The number of rotatable bonds is 5. The predicted molar refractivity (Wildman–Crippen MR) is 95.7 cm³/mol. The summed E-state index contributed by atoms with van der Waals surface area (Å²) < 4.78 is 29.6. The summed E-state index contributed by atoms with van der Waals surface area (Å²) in [4.78, 5) is 4.26. The summed E-state index contributed by atoms with van der Waals surface area (Å²) in [7, 11) is 0. The van der Waals surface area contributed by atoms with Crippen molar-refractivity contribution in [2.45, 2.75) is 13.5 Å². The van der Waals surface area contributed by atoms with Crippen molar-refractivity contribution in [3.05, 3.63) is 65.3 Å². The van der Waals surface area contributed by atoms with Crippen molar-refractivity contribution < 1.29 is 13.5 Å². The quantitative estimate of drug-likeness (QED) is 0.493. The fraction of sp³-hybridized carbons (Fsp3) is 0.111. The molecule has 0 radical (unpaired) electrons. The molecular weight excluding hydrogens is 348 g/mol. The Kier molecular flexibility index (Phi) is 5.09. The first kappa shape index (κ1) is 17.1. The van der Waals surface area contributed by atoms with Crippen molar-refractivity contribution in [1.82, 2.24) is 4.98 Å². The van der Waals surface area contributed by atoms with E-state index in [1.165, 1.54) is 6.07 Å². The van der Waals surface area contributed by atoms with Gasteiger partial charge in [-0.05, 0) is 43.3 Å². The normalized spacial score (nSPS) is 11.8. The average molecular weight is 362 g/mol. The van der Waals surface area contributed by atoms with Gasteiger partial charge in [-0.2, -0.15) is 13.9 Å². The van der Waals surface area contributed by atoms with Gasteiger partial charge in [0.2, 0.25) is 0 Å². The van der Waals surface area contributed by atoms with E-state index in [4.69, 9.17) is 11.6 Å². The highest BCUT2D eigenvalue weighted by Crippen LogP contribution is 2.25. The Bertz CT molecular complexity index is 931. The first-order valence-electron chi connectivity index (χ1n) is 7.43. The number of anilines is 1. The predicted octanol–water partition coefficient (Wildman–Crippen LogP) is 5.33. The third-order valence-corrected chi connectivity index (χ3v) is 3.78. The van der Waals surface area contributed by atoms with Crippen molar-refractivity contribution in [2.24, 2.45) is 5.10 Å². The lowest BCUT2D eigenvalue weighted by atomic mass is 10.1. The van der Waals surface area contributed by atoms with E-state index in [0.29, 0.717) is 16.3 Å². The molecule has 25 heavy (non-hydrogen) atoms. The van der Waals surface area contributed by atoms with Crippen LogP contribution in [0.15, 0.2) is 59.8 Å². The number of para-hydroxylation sites is 1. The van der Waals surface area contributed by atoms with Gasteiger partial charge in [0.05, 0.1) is 16.9 Å². The van der Waals surface area contributed by atoms with E-state index < -0.39 is 6.61 Å². The largest absolute Gasteiger partial charge is 0.434 e. The zero-order chi connectivity index (χ0) is 17.8. The van der Waals surface area contributed by atoms with Crippen molar-refractivity contribution in [3.63, 3.8) is 0 Å². The molecule has 3 rings (SSSR count). The van der Waals surface area contributed by atoms with Gasteiger partial charge in [0.25, 0.3) is 0 Å². The maximum absolute atomic E-state index is 12.5. The summed E-state index contributed by atoms with van der Waals surface area (Å²) in [6, 6.07) is 13.6. The Morgan fingerprint density at radius 2 is 2.00 bits per heavy atom. The summed E-state index contributed by atoms with van der Waals surface area (Å²) in [5.41, 5.74) is 5.40. The molecule has 0 atom stereocenters. The zero-order valence-corrected chi connectivity index (χ0v) is 14.0. The van der Waals surface area contributed by atoms with E-state index in [1.807, 2.05) is 6.07 Å². The first-order valence-corrected chi connectivity index (χ1v) is 7.81. The van der Waals surface area contributed by atoms with Crippen molar-refractivity contribution >= 4 is 33.9 Å². The van der Waals surface area contributed by atoms with Gasteiger partial charge in [-0.3, -0.25) is 10.4 Å². The summed E-state index contributed by atoms with van der Waals surface area (Å²) in [6.07, 6.45) is 1.64. The second-order valence-corrected chi connectivity index (χ2v) is 5.64. The third kappa shape index (κ3) is 4.03. The number of aromatic nitrogens is 1. The van der Waals surface area contributed by atoms with Crippen molar-refractivity contribution in [2.75, 3.05) is 5.43 Å². The SMILES string of the molecule is C/C(=N/Nc1ccnc2cc(Cl)ccc12)c1ccccc1OC(F)F. The Morgan fingerprint density at radius 1 is 1.20 bits per heavy atom. The lowest BCUT2D eigenvalue weighted by Crippen LogP contribution is -2.08. The molecule has 2 aromatic carbocycles. The van der Waals surface area contributed by atoms with Crippen LogP contribution in [0, 0.1) is 0 Å². The minimum Gasteiger partial charge on any atom is -0.434 e. The van der Waals surface area contributed by atoms with Crippen LogP contribution < -0.4 is 10.2 Å². The van der Waals surface area contributed by atoms with Gasteiger partial charge >= 0.3 is 6.61 Å². The van der Waals surface area contributed by atoms with Crippen LogP contribution >= 0.6 is 11.6 Å².